The van der Waals surface area contributed by atoms with Crippen LogP contribution in [-0.2, 0) is 16.6 Å². The van der Waals surface area contributed by atoms with Gasteiger partial charge < -0.3 is 15.2 Å². The highest BCUT2D eigenvalue weighted by Crippen LogP contribution is 2.44. The molecule has 0 bridgehead atoms. The molecular formula is C26H28N4O5. The molecule has 1 heterocycles. The highest BCUT2D eigenvalue weighted by Gasteiger charge is 2.29. The summed E-state index contributed by atoms with van der Waals surface area (Å²) in [6.07, 6.45) is 1.15. The zero-order valence-corrected chi connectivity index (χ0v) is 19.7. The number of nitrogens with zero attached hydrogens (tertiary/aromatic N) is 2. The van der Waals surface area contributed by atoms with Crippen LogP contribution < -0.4 is 10.6 Å². The van der Waals surface area contributed by atoms with E-state index in [0.29, 0.717) is 12.8 Å². The van der Waals surface area contributed by atoms with Crippen LogP contribution in [-0.4, -0.2) is 45.5 Å². The van der Waals surface area contributed by atoms with E-state index in [-0.39, 0.29) is 24.0 Å². The van der Waals surface area contributed by atoms with Crippen LogP contribution in [0.25, 0.3) is 11.1 Å². The predicted molar refractivity (Wildman–Crippen MR) is 130 cm³/mol. The molecule has 0 radical (unpaired) electrons. The summed E-state index contributed by atoms with van der Waals surface area (Å²) in [7, 11) is 1.57. The molecule has 0 fully saturated rings. The molecule has 35 heavy (non-hydrogen) atoms. The minimum absolute atomic E-state index is 0.00389. The van der Waals surface area contributed by atoms with E-state index in [1.807, 2.05) is 43.3 Å². The fourth-order valence-corrected chi connectivity index (χ4v) is 4.33. The largest absolute Gasteiger partial charge is 0.480 e. The van der Waals surface area contributed by atoms with Crippen molar-refractivity contribution in [1.82, 2.24) is 15.1 Å². The van der Waals surface area contributed by atoms with Gasteiger partial charge in [-0.3, -0.25) is 14.8 Å². The van der Waals surface area contributed by atoms with Gasteiger partial charge in [0.25, 0.3) is 5.91 Å². The lowest BCUT2D eigenvalue weighted by Gasteiger charge is -2.14. The standard InChI is InChI=1S/C26H28N4O5/c1-3-4-13-21(25(32)33)27-24(31)22-14-23(30(2)29-22)28-26(34)35-15-20-18-11-7-5-9-16(18)17-10-6-8-12-19(17)20/h5-12,14,20-21H,3-4,13,15H2,1-2H3,(H,27,31)(H,28,34)(H,32,33)/t21-/m0/s1. The number of rotatable bonds is 9. The van der Waals surface area contributed by atoms with Crippen molar-refractivity contribution in [2.75, 3.05) is 11.9 Å². The number of fused-ring (bicyclic) bond motifs is 3. The maximum absolute atomic E-state index is 12.6. The lowest BCUT2D eigenvalue weighted by molar-refractivity contribution is -0.139. The fraction of sp³-hybridized carbons (Fsp3) is 0.308. The molecular weight excluding hydrogens is 448 g/mol. The first-order valence-corrected chi connectivity index (χ1v) is 11.6. The molecule has 0 saturated heterocycles. The van der Waals surface area contributed by atoms with E-state index < -0.39 is 24.0 Å². The number of hydrogen-bond acceptors (Lipinski definition) is 5. The van der Waals surface area contributed by atoms with Crippen LogP contribution in [0.1, 0.15) is 53.7 Å². The van der Waals surface area contributed by atoms with Crippen molar-refractivity contribution in [1.29, 1.82) is 0 Å². The molecule has 1 aromatic heterocycles. The van der Waals surface area contributed by atoms with Gasteiger partial charge in [0.05, 0.1) is 0 Å². The summed E-state index contributed by atoms with van der Waals surface area (Å²) in [6.45, 7) is 2.10. The van der Waals surface area contributed by atoms with Crippen LogP contribution >= 0.6 is 0 Å². The number of carbonyl (C=O) groups excluding carboxylic acids is 2. The molecule has 4 rings (SSSR count). The molecule has 0 unspecified atom stereocenters. The predicted octanol–water partition coefficient (Wildman–Crippen LogP) is 4.15. The number of hydrogen-bond donors (Lipinski definition) is 3. The number of anilines is 1. The summed E-state index contributed by atoms with van der Waals surface area (Å²) < 4.78 is 6.87. The number of carbonyl (C=O) groups is 3. The average molecular weight is 477 g/mol. The molecule has 2 aromatic carbocycles. The lowest BCUT2D eigenvalue weighted by Crippen LogP contribution is -2.40. The molecule has 0 spiro atoms. The number of unbranched alkanes of at least 4 members (excludes halogenated alkanes) is 1. The van der Waals surface area contributed by atoms with Crippen LogP contribution in [0.3, 0.4) is 0 Å². The van der Waals surface area contributed by atoms with Crippen molar-refractivity contribution in [3.05, 3.63) is 71.4 Å². The normalized spacial score (nSPS) is 13.0. The second-order valence-corrected chi connectivity index (χ2v) is 8.50. The Morgan fingerprint density at radius 2 is 1.71 bits per heavy atom. The van der Waals surface area contributed by atoms with Gasteiger partial charge in [-0.2, -0.15) is 5.10 Å². The van der Waals surface area contributed by atoms with Crippen molar-refractivity contribution in [2.45, 2.75) is 38.1 Å². The third-order valence-electron chi connectivity index (χ3n) is 6.14. The zero-order chi connectivity index (χ0) is 24.9. The van der Waals surface area contributed by atoms with E-state index >= 15 is 0 Å². The third-order valence-corrected chi connectivity index (χ3v) is 6.14. The number of carboxylic acids is 1. The quantitative estimate of drug-likeness (QED) is 0.426. The molecule has 3 aromatic rings. The van der Waals surface area contributed by atoms with Gasteiger partial charge in [0.1, 0.15) is 18.5 Å². The van der Waals surface area contributed by atoms with Gasteiger partial charge in [-0.05, 0) is 28.7 Å². The molecule has 182 valence electrons. The van der Waals surface area contributed by atoms with Gasteiger partial charge in [-0.15, -0.1) is 0 Å². The number of benzene rings is 2. The lowest BCUT2D eigenvalue weighted by atomic mass is 9.98. The highest BCUT2D eigenvalue weighted by atomic mass is 16.5. The van der Waals surface area contributed by atoms with Gasteiger partial charge in [-0.1, -0.05) is 68.3 Å². The van der Waals surface area contributed by atoms with E-state index in [2.05, 4.69) is 27.9 Å². The third kappa shape index (κ3) is 5.18. The maximum atomic E-state index is 12.6. The Morgan fingerprint density at radius 1 is 1.09 bits per heavy atom. The molecule has 2 amide bonds. The van der Waals surface area contributed by atoms with E-state index in [4.69, 9.17) is 4.74 Å². The van der Waals surface area contributed by atoms with Crippen molar-refractivity contribution < 1.29 is 24.2 Å². The zero-order valence-electron chi connectivity index (χ0n) is 19.7. The first-order valence-electron chi connectivity index (χ1n) is 11.6. The number of aromatic nitrogens is 2. The average Bonchev–Trinajstić information content (AvgIpc) is 3.37. The number of nitrogens with one attached hydrogen (secondary N) is 2. The summed E-state index contributed by atoms with van der Waals surface area (Å²) >= 11 is 0. The van der Waals surface area contributed by atoms with Crippen molar-refractivity contribution in [2.24, 2.45) is 7.05 Å². The summed E-state index contributed by atoms with van der Waals surface area (Å²) in [6, 6.07) is 16.5. The summed E-state index contributed by atoms with van der Waals surface area (Å²) in [5.74, 6) is -1.53. The molecule has 0 aliphatic heterocycles. The first kappa shape index (κ1) is 24.0. The van der Waals surface area contributed by atoms with E-state index in [0.717, 1.165) is 28.7 Å². The Bertz CT molecular complexity index is 1210. The van der Waals surface area contributed by atoms with Gasteiger partial charge >= 0.3 is 12.1 Å². The minimum atomic E-state index is -1.10. The Morgan fingerprint density at radius 3 is 2.31 bits per heavy atom. The first-order chi connectivity index (χ1) is 16.9. The second-order valence-electron chi connectivity index (χ2n) is 8.50. The molecule has 0 saturated carbocycles. The fourth-order valence-electron chi connectivity index (χ4n) is 4.33. The molecule has 1 aliphatic rings. The number of aliphatic carboxylic acids is 1. The molecule has 9 heteroatoms. The van der Waals surface area contributed by atoms with Crippen molar-refractivity contribution in [3.63, 3.8) is 0 Å². The maximum Gasteiger partial charge on any atom is 0.412 e. The molecule has 1 atom stereocenters. The van der Waals surface area contributed by atoms with Gasteiger partial charge in [0.2, 0.25) is 0 Å². The van der Waals surface area contributed by atoms with Crippen molar-refractivity contribution >= 4 is 23.8 Å². The highest BCUT2D eigenvalue weighted by molar-refractivity contribution is 5.96. The Labute approximate surface area is 203 Å². The molecule has 3 N–H and O–H groups in total. The van der Waals surface area contributed by atoms with Gasteiger partial charge in [0.15, 0.2) is 5.69 Å². The Balaban J connectivity index is 1.39. The van der Waals surface area contributed by atoms with Crippen LogP contribution in [0, 0.1) is 0 Å². The van der Waals surface area contributed by atoms with E-state index in [1.54, 1.807) is 7.05 Å². The summed E-state index contributed by atoms with van der Waals surface area (Å²) in [5.41, 5.74) is 4.49. The number of amides is 2. The van der Waals surface area contributed by atoms with Gasteiger partial charge in [0, 0.05) is 19.0 Å². The number of ether oxygens (including phenoxy) is 1. The van der Waals surface area contributed by atoms with E-state index in [1.165, 1.54) is 10.7 Å². The molecule has 1 aliphatic carbocycles. The van der Waals surface area contributed by atoms with Gasteiger partial charge in [-0.25, -0.2) is 9.59 Å². The topological polar surface area (TPSA) is 123 Å². The van der Waals surface area contributed by atoms with Crippen molar-refractivity contribution in [3.8, 4) is 11.1 Å². The SMILES string of the molecule is CCCC[C@H](NC(=O)c1cc(NC(=O)OCC2c3ccccc3-c3ccccc32)n(C)n1)C(=O)O. The van der Waals surface area contributed by atoms with E-state index in [9.17, 15) is 19.5 Å². The Kier molecular flexibility index (Phi) is 7.14. The number of aryl methyl sites for hydroxylation is 1. The summed E-state index contributed by atoms with van der Waals surface area (Å²) in [5, 5.41) is 18.5. The van der Waals surface area contributed by atoms with Crippen LogP contribution in [0.5, 0.6) is 0 Å². The van der Waals surface area contributed by atoms with Crippen LogP contribution in [0.15, 0.2) is 54.6 Å². The monoisotopic (exact) mass is 476 g/mol. The Hall–Kier alpha value is -4.14. The van der Waals surface area contributed by atoms with Crippen LogP contribution in [0.4, 0.5) is 10.6 Å². The second kappa shape index (κ2) is 10.4. The molecule has 9 nitrogen and oxygen atoms in total. The summed E-state index contributed by atoms with van der Waals surface area (Å²) in [4.78, 5) is 36.5. The van der Waals surface area contributed by atoms with Crippen LogP contribution in [0.2, 0.25) is 0 Å². The minimum Gasteiger partial charge on any atom is -0.480 e. The number of carboxylic acid groups (broad SMARTS) is 1. The smallest absolute Gasteiger partial charge is 0.412 e.